The number of carbonyl (C=O) groups excluding carboxylic acids is 1. The third-order valence-corrected chi connectivity index (χ3v) is 5.09. The average molecular weight is 347 g/mol. The number of hydrogen-bond acceptors (Lipinski definition) is 4. The van der Waals surface area contributed by atoms with Crippen LogP contribution in [0.2, 0.25) is 5.02 Å². The molecule has 0 unspecified atom stereocenters. The maximum Gasteiger partial charge on any atom is 0.276 e. The Morgan fingerprint density at radius 1 is 1.32 bits per heavy atom. The quantitative estimate of drug-likeness (QED) is 0.825. The van der Waals surface area contributed by atoms with Crippen LogP contribution in [-0.2, 0) is 15.0 Å². The first-order valence-electron chi connectivity index (χ1n) is 6.82. The molecule has 1 aromatic rings. The van der Waals surface area contributed by atoms with Gasteiger partial charge in [-0.05, 0) is 24.6 Å². The smallest absolute Gasteiger partial charge is 0.276 e. The second-order valence-electron chi connectivity index (χ2n) is 5.18. The Hall–Kier alpha value is -1.19. The predicted molar refractivity (Wildman–Crippen MR) is 85.9 cm³/mol. The summed E-state index contributed by atoms with van der Waals surface area (Å²) < 4.78 is 23.6. The monoisotopic (exact) mass is 346 g/mol. The zero-order valence-electron chi connectivity index (χ0n) is 12.3. The molecule has 1 aromatic carbocycles. The molecule has 0 aromatic heterocycles. The number of piperazine rings is 1. The molecule has 0 radical (unpaired) electrons. The van der Waals surface area contributed by atoms with Gasteiger partial charge < -0.3 is 5.32 Å². The largest absolute Gasteiger partial charge is 0.325 e. The Morgan fingerprint density at radius 2 is 1.95 bits per heavy atom. The van der Waals surface area contributed by atoms with Crippen LogP contribution in [0.25, 0.3) is 0 Å². The van der Waals surface area contributed by atoms with E-state index in [1.54, 1.807) is 18.2 Å². The molecule has 9 heteroatoms. The minimum absolute atomic E-state index is 0.158. The summed E-state index contributed by atoms with van der Waals surface area (Å²) in [6.45, 7) is 3.56. The Kier molecular flexibility index (Phi) is 5.41. The summed E-state index contributed by atoms with van der Waals surface area (Å²) in [7, 11) is -3.65. The second kappa shape index (κ2) is 6.93. The van der Waals surface area contributed by atoms with E-state index < -0.39 is 10.2 Å². The summed E-state index contributed by atoms with van der Waals surface area (Å²) in [4.78, 5) is 14.0. The van der Waals surface area contributed by atoms with Gasteiger partial charge in [-0.1, -0.05) is 17.7 Å². The molecule has 1 fully saturated rings. The van der Waals surface area contributed by atoms with Crippen molar-refractivity contribution >= 4 is 33.4 Å². The van der Waals surface area contributed by atoms with Crippen LogP contribution >= 0.6 is 11.6 Å². The van der Waals surface area contributed by atoms with E-state index in [9.17, 15) is 13.2 Å². The highest BCUT2D eigenvalue weighted by molar-refractivity contribution is 7.86. The molecule has 122 valence electrons. The molecule has 1 aliphatic rings. The molecule has 0 atom stereocenters. The lowest BCUT2D eigenvalue weighted by Crippen LogP contribution is -2.52. The van der Waals surface area contributed by atoms with E-state index in [-0.39, 0.29) is 12.5 Å². The minimum atomic E-state index is -3.65. The fourth-order valence-corrected chi connectivity index (χ4v) is 3.12. The van der Waals surface area contributed by atoms with E-state index in [4.69, 9.17) is 16.7 Å². The zero-order chi connectivity index (χ0) is 16.3. The van der Waals surface area contributed by atoms with Gasteiger partial charge in [0.2, 0.25) is 5.91 Å². The van der Waals surface area contributed by atoms with E-state index in [0.29, 0.717) is 36.9 Å². The number of amides is 1. The number of halogens is 1. The van der Waals surface area contributed by atoms with E-state index in [2.05, 4.69) is 5.32 Å². The molecule has 1 aliphatic heterocycles. The van der Waals surface area contributed by atoms with Crippen molar-refractivity contribution in [3.8, 4) is 0 Å². The summed E-state index contributed by atoms with van der Waals surface area (Å²) in [5.41, 5.74) is 1.50. The van der Waals surface area contributed by atoms with Crippen LogP contribution < -0.4 is 10.5 Å². The topological polar surface area (TPSA) is 95.7 Å². The fraction of sp³-hybridized carbons (Fsp3) is 0.462. The maximum absolute atomic E-state index is 12.1. The Bertz CT molecular complexity index is 657. The summed E-state index contributed by atoms with van der Waals surface area (Å²) in [5.74, 6) is -0.158. The van der Waals surface area contributed by atoms with Crippen LogP contribution in [0.5, 0.6) is 0 Å². The molecule has 3 N–H and O–H groups in total. The van der Waals surface area contributed by atoms with Gasteiger partial charge in [-0.3, -0.25) is 9.69 Å². The Balaban J connectivity index is 1.87. The van der Waals surface area contributed by atoms with Crippen LogP contribution in [0.3, 0.4) is 0 Å². The molecule has 2 rings (SSSR count). The zero-order valence-corrected chi connectivity index (χ0v) is 13.8. The van der Waals surface area contributed by atoms with E-state index in [1.807, 2.05) is 11.8 Å². The number of anilines is 1. The summed E-state index contributed by atoms with van der Waals surface area (Å²) >= 11 is 6.01. The molecular weight excluding hydrogens is 328 g/mol. The first kappa shape index (κ1) is 17.2. The number of nitrogens with one attached hydrogen (secondary N) is 1. The van der Waals surface area contributed by atoms with Gasteiger partial charge in [0.25, 0.3) is 10.2 Å². The van der Waals surface area contributed by atoms with Crippen LogP contribution in [0.1, 0.15) is 5.56 Å². The van der Waals surface area contributed by atoms with Crippen molar-refractivity contribution in [1.29, 1.82) is 0 Å². The van der Waals surface area contributed by atoms with Crippen molar-refractivity contribution < 1.29 is 13.2 Å². The third-order valence-electron chi connectivity index (χ3n) is 3.60. The molecule has 1 heterocycles. The number of hydrogen-bond donors (Lipinski definition) is 2. The Labute approximate surface area is 135 Å². The van der Waals surface area contributed by atoms with Gasteiger partial charge in [0.05, 0.1) is 6.54 Å². The molecule has 1 saturated heterocycles. The highest BCUT2D eigenvalue weighted by Gasteiger charge is 2.24. The van der Waals surface area contributed by atoms with Gasteiger partial charge in [-0.25, -0.2) is 5.14 Å². The first-order valence-corrected chi connectivity index (χ1v) is 8.70. The van der Waals surface area contributed by atoms with E-state index in [1.165, 1.54) is 4.31 Å². The SMILES string of the molecule is Cc1c(Cl)cccc1NC(=O)CN1CCN(S(N)(=O)=O)CC1. The molecule has 0 spiro atoms. The summed E-state index contributed by atoms with van der Waals surface area (Å²) in [5, 5.41) is 8.49. The number of benzene rings is 1. The third kappa shape index (κ3) is 4.40. The molecule has 1 amide bonds. The Morgan fingerprint density at radius 3 is 2.55 bits per heavy atom. The lowest BCUT2D eigenvalue weighted by molar-refractivity contribution is -0.117. The van der Waals surface area contributed by atoms with Crippen molar-refractivity contribution in [1.82, 2.24) is 9.21 Å². The minimum Gasteiger partial charge on any atom is -0.325 e. The van der Waals surface area contributed by atoms with Gasteiger partial charge in [0, 0.05) is 36.9 Å². The number of rotatable bonds is 4. The van der Waals surface area contributed by atoms with Crippen molar-refractivity contribution in [2.75, 3.05) is 38.0 Å². The number of nitrogens with two attached hydrogens (primary N) is 1. The first-order chi connectivity index (χ1) is 10.3. The molecular formula is C13H19ClN4O3S. The molecule has 0 bridgehead atoms. The van der Waals surface area contributed by atoms with Crippen LogP contribution in [0.4, 0.5) is 5.69 Å². The van der Waals surface area contributed by atoms with Gasteiger partial charge in [0.1, 0.15) is 0 Å². The van der Waals surface area contributed by atoms with E-state index >= 15 is 0 Å². The number of carbonyl (C=O) groups is 1. The van der Waals surface area contributed by atoms with Gasteiger partial charge in [-0.2, -0.15) is 12.7 Å². The van der Waals surface area contributed by atoms with Gasteiger partial charge >= 0.3 is 0 Å². The fourth-order valence-electron chi connectivity index (χ4n) is 2.28. The lowest BCUT2D eigenvalue weighted by atomic mass is 10.2. The van der Waals surface area contributed by atoms with Crippen molar-refractivity contribution in [3.05, 3.63) is 28.8 Å². The summed E-state index contributed by atoms with van der Waals surface area (Å²) in [6, 6.07) is 5.33. The van der Waals surface area contributed by atoms with Crippen LogP contribution in [0.15, 0.2) is 18.2 Å². The number of nitrogens with zero attached hydrogens (tertiary/aromatic N) is 2. The molecule has 22 heavy (non-hydrogen) atoms. The highest BCUT2D eigenvalue weighted by atomic mass is 35.5. The lowest BCUT2D eigenvalue weighted by Gasteiger charge is -2.32. The molecule has 0 aliphatic carbocycles. The van der Waals surface area contributed by atoms with Crippen LogP contribution in [0, 0.1) is 6.92 Å². The maximum atomic E-state index is 12.1. The van der Waals surface area contributed by atoms with Crippen molar-refractivity contribution in [2.24, 2.45) is 5.14 Å². The van der Waals surface area contributed by atoms with Crippen molar-refractivity contribution in [3.63, 3.8) is 0 Å². The van der Waals surface area contributed by atoms with Gasteiger partial charge in [0.15, 0.2) is 0 Å². The molecule has 7 nitrogen and oxygen atoms in total. The van der Waals surface area contributed by atoms with Crippen molar-refractivity contribution in [2.45, 2.75) is 6.92 Å². The molecule has 0 saturated carbocycles. The standard InChI is InChI=1S/C13H19ClN4O3S/c1-10-11(14)3-2-4-12(10)16-13(19)9-17-5-7-18(8-6-17)22(15,20)21/h2-4H,5-9H2,1H3,(H,16,19)(H2,15,20,21). The van der Waals surface area contributed by atoms with E-state index in [0.717, 1.165) is 5.56 Å². The van der Waals surface area contributed by atoms with Gasteiger partial charge in [-0.15, -0.1) is 0 Å². The average Bonchev–Trinajstić information content (AvgIpc) is 2.43. The normalized spacial score (nSPS) is 17.4. The summed E-state index contributed by atoms with van der Waals surface area (Å²) in [6.07, 6.45) is 0. The second-order valence-corrected chi connectivity index (χ2v) is 7.13. The van der Waals surface area contributed by atoms with Crippen LogP contribution in [-0.4, -0.2) is 56.3 Å². The highest BCUT2D eigenvalue weighted by Crippen LogP contribution is 2.22. The predicted octanol–water partition coefficient (Wildman–Crippen LogP) is 0.408.